The summed E-state index contributed by atoms with van der Waals surface area (Å²) >= 11 is 6.12. The van der Waals surface area contributed by atoms with Gasteiger partial charge in [0.15, 0.2) is 0 Å². The number of hydrogen-bond acceptors (Lipinski definition) is 0. The number of hydrogen-bond donors (Lipinski definition) is 0. The van der Waals surface area contributed by atoms with Crippen LogP contribution in [-0.2, 0) is 6.42 Å². The first-order valence-electron chi connectivity index (χ1n) is 4.41. The lowest BCUT2D eigenvalue weighted by molar-refractivity contribution is 0.694. The normalized spacial score (nSPS) is 11.3. The van der Waals surface area contributed by atoms with Gasteiger partial charge in [0.1, 0.15) is 0 Å². The van der Waals surface area contributed by atoms with Gasteiger partial charge in [-0.1, -0.05) is 36.9 Å². The minimum absolute atomic E-state index is 0.157. The van der Waals surface area contributed by atoms with Crippen LogP contribution >= 0.6 is 11.6 Å². The van der Waals surface area contributed by atoms with Crippen molar-refractivity contribution in [1.29, 1.82) is 0 Å². The number of alkyl halides is 1. The maximum absolute atomic E-state index is 6.12. The van der Waals surface area contributed by atoms with Crippen molar-refractivity contribution >= 4 is 17.7 Å². The topological polar surface area (TPSA) is 0 Å². The molecule has 0 aliphatic heterocycles. The summed E-state index contributed by atoms with van der Waals surface area (Å²) in [4.78, 5) is -0.157. The van der Waals surface area contributed by atoms with Crippen LogP contribution in [0, 0.1) is 0 Å². The molecular formula is C12H15Cl. The van der Waals surface area contributed by atoms with E-state index in [0.717, 1.165) is 12.0 Å². The first-order valence-corrected chi connectivity index (χ1v) is 4.79. The zero-order valence-electron chi connectivity index (χ0n) is 8.18. The highest BCUT2D eigenvalue weighted by atomic mass is 35.5. The molecular weight excluding hydrogens is 180 g/mol. The molecule has 70 valence electrons. The van der Waals surface area contributed by atoms with Gasteiger partial charge in [-0.2, -0.15) is 0 Å². The summed E-state index contributed by atoms with van der Waals surface area (Å²) in [6.45, 7) is 7.76. The summed E-state index contributed by atoms with van der Waals surface area (Å²) < 4.78 is 0. The van der Waals surface area contributed by atoms with Crippen LogP contribution in [0.3, 0.4) is 0 Å². The molecule has 0 atom stereocenters. The second-order valence-electron chi connectivity index (χ2n) is 3.84. The summed E-state index contributed by atoms with van der Waals surface area (Å²) in [5.41, 5.74) is 2.42. The lowest BCUT2D eigenvalue weighted by Crippen LogP contribution is -2.13. The molecule has 0 aliphatic carbocycles. The highest BCUT2D eigenvalue weighted by molar-refractivity contribution is 6.23. The Bertz CT molecular complexity index is 277. The Labute approximate surface area is 85.2 Å². The molecule has 0 N–H and O–H groups in total. The first-order chi connectivity index (χ1) is 6.01. The third kappa shape index (κ3) is 3.65. The van der Waals surface area contributed by atoms with Crippen molar-refractivity contribution in [3.63, 3.8) is 0 Å². The van der Waals surface area contributed by atoms with Crippen LogP contribution < -0.4 is 0 Å². The molecule has 1 heteroatoms. The largest absolute Gasteiger partial charge is 0.120 e. The molecule has 0 unspecified atom stereocenters. The molecule has 0 amide bonds. The molecule has 0 heterocycles. The average Bonchev–Trinajstić information content (AvgIpc) is 2.03. The third-order valence-corrected chi connectivity index (χ3v) is 1.97. The Balaban J connectivity index is 2.75. The molecule has 0 spiro atoms. The van der Waals surface area contributed by atoms with Gasteiger partial charge in [-0.25, -0.2) is 0 Å². The van der Waals surface area contributed by atoms with E-state index in [1.54, 1.807) is 0 Å². The summed E-state index contributed by atoms with van der Waals surface area (Å²) in [5.74, 6) is 0. The van der Waals surface area contributed by atoms with E-state index in [9.17, 15) is 0 Å². The van der Waals surface area contributed by atoms with Gasteiger partial charge in [0.05, 0.1) is 0 Å². The molecule has 0 fully saturated rings. The monoisotopic (exact) mass is 194 g/mol. The molecule has 0 radical (unpaired) electrons. The quantitative estimate of drug-likeness (QED) is 0.641. The van der Waals surface area contributed by atoms with E-state index in [1.165, 1.54) is 5.56 Å². The lowest BCUT2D eigenvalue weighted by Gasteiger charge is -2.15. The van der Waals surface area contributed by atoms with Gasteiger partial charge in [0.25, 0.3) is 0 Å². The lowest BCUT2D eigenvalue weighted by atomic mass is 10.0. The zero-order valence-corrected chi connectivity index (χ0v) is 8.93. The minimum Gasteiger partial charge on any atom is -0.120 e. The van der Waals surface area contributed by atoms with Gasteiger partial charge >= 0.3 is 0 Å². The van der Waals surface area contributed by atoms with Gasteiger partial charge in [0, 0.05) is 4.87 Å². The van der Waals surface area contributed by atoms with Crippen LogP contribution in [0.15, 0.2) is 30.8 Å². The first kappa shape index (κ1) is 10.3. The van der Waals surface area contributed by atoms with Crippen LogP contribution in [0.2, 0.25) is 0 Å². The van der Waals surface area contributed by atoms with E-state index in [-0.39, 0.29) is 4.87 Å². The van der Waals surface area contributed by atoms with E-state index in [0.29, 0.717) is 0 Å². The molecule has 0 bridgehead atoms. The van der Waals surface area contributed by atoms with Crippen molar-refractivity contribution in [3.05, 3.63) is 42.0 Å². The Hall–Kier alpha value is -0.750. The van der Waals surface area contributed by atoms with Crippen LogP contribution in [0.25, 0.3) is 6.08 Å². The second kappa shape index (κ2) is 3.97. The Kier molecular flexibility index (Phi) is 3.16. The van der Waals surface area contributed by atoms with Crippen molar-refractivity contribution < 1.29 is 0 Å². The summed E-state index contributed by atoms with van der Waals surface area (Å²) in [6, 6.07) is 8.32. The molecule has 1 aromatic carbocycles. The second-order valence-corrected chi connectivity index (χ2v) is 4.86. The maximum atomic E-state index is 6.12. The fraction of sp³-hybridized carbons (Fsp3) is 0.333. The number of benzene rings is 1. The molecule has 1 aromatic rings. The van der Waals surface area contributed by atoms with E-state index in [2.05, 4.69) is 30.8 Å². The Morgan fingerprint density at radius 3 is 2.23 bits per heavy atom. The molecule has 13 heavy (non-hydrogen) atoms. The molecule has 0 aliphatic rings. The minimum atomic E-state index is -0.157. The summed E-state index contributed by atoms with van der Waals surface area (Å²) in [7, 11) is 0. The van der Waals surface area contributed by atoms with Crippen molar-refractivity contribution in [2.24, 2.45) is 0 Å². The van der Waals surface area contributed by atoms with Crippen LogP contribution in [0.5, 0.6) is 0 Å². The fourth-order valence-electron chi connectivity index (χ4n) is 1.26. The van der Waals surface area contributed by atoms with Gasteiger partial charge in [-0.15, -0.1) is 11.6 Å². The zero-order chi connectivity index (χ0) is 9.90. The molecule has 0 saturated heterocycles. The van der Waals surface area contributed by atoms with Crippen LogP contribution in [0.4, 0.5) is 0 Å². The SMILES string of the molecule is C=Cc1ccc(CC(C)(C)Cl)cc1. The predicted molar refractivity (Wildman–Crippen MR) is 60.2 cm³/mol. The summed E-state index contributed by atoms with van der Waals surface area (Å²) in [5, 5.41) is 0. The van der Waals surface area contributed by atoms with E-state index in [1.807, 2.05) is 19.9 Å². The fourth-order valence-corrected chi connectivity index (χ4v) is 1.41. The average molecular weight is 195 g/mol. The van der Waals surface area contributed by atoms with Crippen molar-refractivity contribution in [1.82, 2.24) is 0 Å². The standard InChI is InChI=1S/C12H15Cl/c1-4-10-5-7-11(8-6-10)9-12(2,3)13/h4-8H,1,9H2,2-3H3. The van der Waals surface area contributed by atoms with Crippen LogP contribution in [-0.4, -0.2) is 4.87 Å². The smallest absolute Gasteiger partial charge is 0.0430 e. The maximum Gasteiger partial charge on any atom is 0.0430 e. The third-order valence-electron chi connectivity index (χ3n) is 1.84. The van der Waals surface area contributed by atoms with Gasteiger partial charge < -0.3 is 0 Å². The van der Waals surface area contributed by atoms with Gasteiger partial charge in [0.2, 0.25) is 0 Å². The summed E-state index contributed by atoms with van der Waals surface area (Å²) in [6.07, 6.45) is 2.74. The van der Waals surface area contributed by atoms with Crippen LogP contribution in [0.1, 0.15) is 25.0 Å². The Morgan fingerprint density at radius 1 is 1.31 bits per heavy atom. The molecule has 0 nitrogen and oxygen atoms in total. The number of rotatable bonds is 3. The van der Waals surface area contributed by atoms with E-state index >= 15 is 0 Å². The van der Waals surface area contributed by atoms with Gasteiger partial charge in [-0.3, -0.25) is 0 Å². The Morgan fingerprint density at radius 2 is 1.85 bits per heavy atom. The van der Waals surface area contributed by atoms with E-state index in [4.69, 9.17) is 11.6 Å². The van der Waals surface area contributed by atoms with Crippen molar-refractivity contribution in [2.45, 2.75) is 25.1 Å². The van der Waals surface area contributed by atoms with E-state index < -0.39 is 0 Å². The van der Waals surface area contributed by atoms with Crippen molar-refractivity contribution in [2.75, 3.05) is 0 Å². The molecule has 0 aromatic heterocycles. The van der Waals surface area contributed by atoms with Gasteiger partial charge in [-0.05, 0) is 31.4 Å². The predicted octanol–water partition coefficient (Wildman–Crippen LogP) is 3.89. The molecule has 0 saturated carbocycles. The number of halogens is 1. The molecule has 1 rings (SSSR count). The highest BCUT2D eigenvalue weighted by Gasteiger charge is 2.13. The highest BCUT2D eigenvalue weighted by Crippen LogP contribution is 2.19. The van der Waals surface area contributed by atoms with Crippen molar-refractivity contribution in [3.8, 4) is 0 Å².